The van der Waals surface area contributed by atoms with E-state index in [-0.39, 0.29) is 12.4 Å². The SMILES string of the molecule is CCCC[PH](c1ccccc1)(c1ccccc1)c1ccccc1.Cl. The molecule has 0 saturated heterocycles. The van der Waals surface area contributed by atoms with Crippen LogP contribution in [0.3, 0.4) is 0 Å². The van der Waals surface area contributed by atoms with Gasteiger partial charge >= 0.3 is 140 Å². The summed E-state index contributed by atoms with van der Waals surface area (Å²) in [4.78, 5) is 0. The van der Waals surface area contributed by atoms with Crippen molar-refractivity contribution in [1.82, 2.24) is 0 Å². The monoisotopic (exact) mass is 356 g/mol. The first-order valence-corrected chi connectivity index (χ1v) is 10.7. The summed E-state index contributed by atoms with van der Waals surface area (Å²) in [7, 11) is -1.94. The second-order valence-electron chi connectivity index (χ2n) is 6.11. The van der Waals surface area contributed by atoms with Crippen LogP contribution in [0, 0.1) is 0 Å². The molecule has 3 rings (SSSR count). The smallest absolute Gasteiger partial charge is 0.147 e. The Labute approximate surface area is 152 Å². The predicted octanol–water partition coefficient (Wildman–Crippen LogP) is 4.93. The van der Waals surface area contributed by atoms with Gasteiger partial charge in [-0.1, -0.05) is 0 Å². The molecule has 3 aromatic carbocycles. The number of hydrogen-bond acceptors (Lipinski definition) is 0. The normalized spacial score (nSPS) is 11.5. The summed E-state index contributed by atoms with van der Waals surface area (Å²) < 4.78 is 0. The van der Waals surface area contributed by atoms with Crippen molar-refractivity contribution in [3.05, 3.63) is 91.0 Å². The van der Waals surface area contributed by atoms with Crippen LogP contribution in [-0.4, -0.2) is 6.16 Å². The first-order chi connectivity index (χ1) is 11.4. The van der Waals surface area contributed by atoms with Gasteiger partial charge in [-0.2, -0.15) is 0 Å². The maximum atomic E-state index is 2.34. The molecule has 0 atom stereocenters. The van der Waals surface area contributed by atoms with Gasteiger partial charge in [-0.15, -0.1) is 12.4 Å². The first kappa shape index (κ1) is 18.7. The Hall–Kier alpha value is -1.62. The fourth-order valence-corrected chi connectivity index (χ4v) is 8.58. The average molecular weight is 357 g/mol. The summed E-state index contributed by atoms with van der Waals surface area (Å²) in [5, 5.41) is 4.56. The molecule has 0 spiro atoms. The van der Waals surface area contributed by atoms with Crippen LogP contribution in [0.4, 0.5) is 0 Å². The third kappa shape index (κ3) is 3.72. The summed E-state index contributed by atoms with van der Waals surface area (Å²) in [5.41, 5.74) is 0. The number of benzene rings is 3. The zero-order valence-corrected chi connectivity index (χ0v) is 16.0. The minimum atomic E-state index is -1.94. The molecule has 0 nitrogen and oxygen atoms in total. The molecule has 0 amide bonds. The van der Waals surface area contributed by atoms with Gasteiger partial charge in [0, 0.05) is 0 Å². The molecule has 0 N–H and O–H groups in total. The average Bonchev–Trinajstić information content (AvgIpc) is 2.65. The summed E-state index contributed by atoms with van der Waals surface area (Å²) in [5.74, 6) is 0. The molecule has 0 aliphatic rings. The summed E-state index contributed by atoms with van der Waals surface area (Å²) in [6.07, 6.45) is 3.77. The van der Waals surface area contributed by atoms with E-state index in [2.05, 4.69) is 97.9 Å². The van der Waals surface area contributed by atoms with Gasteiger partial charge in [-0.05, 0) is 0 Å². The number of halogens is 1. The molecular weight excluding hydrogens is 331 g/mol. The van der Waals surface area contributed by atoms with Gasteiger partial charge < -0.3 is 0 Å². The van der Waals surface area contributed by atoms with Crippen molar-refractivity contribution in [3.8, 4) is 0 Å². The van der Waals surface area contributed by atoms with Gasteiger partial charge in [0.2, 0.25) is 0 Å². The molecule has 0 bridgehead atoms. The second kappa shape index (κ2) is 9.02. The van der Waals surface area contributed by atoms with Crippen LogP contribution in [-0.2, 0) is 0 Å². The van der Waals surface area contributed by atoms with Crippen molar-refractivity contribution < 1.29 is 0 Å². The van der Waals surface area contributed by atoms with Crippen molar-refractivity contribution in [2.75, 3.05) is 6.16 Å². The molecule has 0 aliphatic heterocycles. The van der Waals surface area contributed by atoms with Crippen molar-refractivity contribution >= 4 is 35.6 Å². The van der Waals surface area contributed by atoms with Crippen LogP contribution in [0.5, 0.6) is 0 Å². The Bertz CT molecular complexity index is 614. The minimum absolute atomic E-state index is 0. The molecule has 2 heteroatoms. The second-order valence-corrected chi connectivity index (χ2v) is 10.1. The number of rotatable bonds is 6. The molecule has 0 aliphatic carbocycles. The molecule has 0 unspecified atom stereocenters. The molecule has 0 saturated carbocycles. The minimum Gasteiger partial charge on any atom is -0.147 e. The maximum Gasteiger partial charge on any atom is -0.147 e. The standard InChI is InChI=1S/C22H25P.ClH/c1-2-3-19-23(20-13-7-4-8-14-20,21-15-9-5-10-16-21)22-17-11-6-12-18-22;/h4-18,23H,2-3,19H2,1H3;1H. The van der Waals surface area contributed by atoms with E-state index in [4.69, 9.17) is 0 Å². The summed E-state index contributed by atoms with van der Waals surface area (Å²) in [6.45, 7) is 2.29. The van der Waals surface area contributed by atoms with Gasteiger partial charge in [-0.25, -0.2) is 0 Å². The van der Waals surface area contributed by atoms with E-state index >= 15 is 0 Å². The molecule has 0 fully saturated rings. The van der Waals surface area contributed by atoms with Crippen LogP contribution in [0.2, 0.25) is 0 Å². The van der Waals surface area contributed by atoms with Gasteiger partial charge in [0.15, 0.2) is 0 Å². The van der Waals surface area contributed by atoms with E-state index < -0.39 is 7.26 Å². The number of unbranched alkanes of at least 4 members (excludes halogenated alkanes) is 1. The van der Waals surface area contributed by atoms with Crippen LogP contribution in [0.1, 0.15) is 19.8 Å². The topological polar surface area (TPSA) is 0 Å². The van der Waals surface area contributed by atoms with E-state index in [9.17, 15) is 0 Å². The number of hydrogen-bond donors (Lipinski definition) is 0. The van der Waals surface area contributed by atoms with E-state index in [1.165, 1.54) is 34.9 Å². The molecule has 24 heavy (non-hydrogen) atoms. The van der Waals surface area contributed by atoms with Gasteiger partial charge in [-0.3, -0.25) is 0 Å². The van der Waals surface area contributed by atoms with Crippen LogP contribution < -0.4 is 15.9 Å². The van der Waals surface area contributed by atoms with Crippen LogP contribution >= 0.6 is 19.7 Å². The molecule has 0 radical (unpaired) electrons. The Morgan fingerprint density at radius 1 is 0.583 bits per heavy atom. The van der Waals surface area contributed by atoms with Gasteiger partial charge in [0.1, 0.15) is 0 Å². The Morgan fingerprint density at radius 3 is 1.21 bits per heavy atom. The van der Waals surface area contributed by atoms with Gasteiger partial charge in [0.25, 0.3) is 0 Å². The Morgan fingerprint density at radius 2 is 0.917 bits per heavy atom. The Balaban J connectivity index is 0.00000208. The quantitative estimate of drug-likeness (QED) is 0.549. The maximum absolute atomic E-state index is 2.34. The molecule has 3 aromatic rings. The molecule has 126 valence electrons. The summed E-state index contributed by atoms with van der Waals surface area (Å²) in [6, 6.07) is 33.5. The van der Waals surface area contributed by atoms with E-state index in [0.717, 1.165) is 0 Å². The van der Waals surface area contributed by atoms with Crippen molar-refractivity contribution in [2.45, 2.75) is 19.8 Å². The molecular formula is C22H26ClP. The first-order valence-electron chi connectivity index (χ1n) is 8.54. The fourth-order valence-electron chi connectivity index (χ4n) is 3.54. The van der Waals surface area contributed by atoms with E-state index in [1.54, 1.807) is 0 Å². The zero-order valence-electron chi connectivity index (χ0n) is 14.2. The van der Waals surface area contributed by atoms with Crippen molar-refractivity contribution in [1.29, 1.82) is 0 Å². The summed E-state index contributed by atoms with van der Waals surface area (Å²) >= 11 is 0. The third-order valence-corrected chi connectivity index (χ3v) is 9.77. The van der Waals surface area contributed by atoms with E-state index in [0.29, 0.717) is 0 Å². The van der Waals surface area contributed by atoms with E-state index in [1.807, 2.05) is 0 Å². The largest absolute Gasteiger partial charge is 0.147 e. The molecule has 0 aromatic heterocycles. The predicted molar refractivity (Wildman–Crippen MR) is 114 cm³/mol. The zero-order chi connectivity index (χ0) is 16.0. The van der Waals surface area contributed by atoms with Crippen LogP contribution in [0.15, 0.2) is 91.0 Å². The third-order valence-electron chi connectivity index (χ3n) is 4.71. The van der Waals surface area contributed by atoms with Gasteiger partial charge in [0.05, 0.1) is 0 Å². The van der Waals surface area contributed by atoms with Crippen LogP contribution in [0.25, 0.3) is 0 Å². The molecule has 0 heterocycles. The Kier molecular flexibility index (Phi) is 7.03. The fraction of sp³-hybridized carbons (Fsp3) is 0.182. The van der Waals surface area contributed by atoms with Crippen molar-refractivity contribution in [2.24, 2.45) is 0 Å². The van der Waals surface area contributed by atoms with Crippen molar-refractivity contribution in [3.63, 3.8) is 0 Å².